The van der Waals surface area contributed by atoms with Crippen molar-refractivity contribution in [3.05, 3.63) is 47.5 Å². The molecule has 1 aliphatic rings. The fourth-order valence-electron chi connectivity index (χ4n) is 3.37. The molecular weight excluding hydrogens is 432 g/mol. The average Bonchev–Trinajstić information content (AvgIpc) is 2.80. The minimum Gasteiger partial charge on any atom is -0.495 e. The van der Waals surface area contributed by atoms with Crippen molar-refractivity contribution in [2.45, 2.75) is 38.2 Å². The highest BCUT2D eigenvalue weighted by atomic mass is 32.2. The van der Waals surface area contributed by atoms with E-state index in [4.69, 9.17) is 14.2 Å². The Bertz CT molecular complexity index is 1060. The lowest BCUT2D eigenvalue weighted by atomic mass is 10.1. The maximum absolute atomic E-state index is 13.0. The number of hydrogen-bond acceptors (Lipinski definition) is 6. The number of morpholine rings is 1. The fraction of sp³-hybridized carbons (Fsp3) is 0.435. The molecule has 1 aliphatic heterocycles. The Morgan fingerprint density at radius 3 is 2.47 bits per heavy atom. The molecule has 1 atom stereocenters. The van der Waals surface area contributed by atoms with Crippen molar-refractivity contribution in [1.29, 1.82) is 0 Å². The summed E-state index contributed by atoms with van der Waals surface area (Å²) in [4.78, 5) is 13.0. The van der Waals surface area contributed by atoms with Crippen LogP contribution in [0.4, 0.5) is 5.69 Å². The number of benzene rings is 2. The molecule has 8 nitrogen and oxygen atoms in total. The number of anilines is 1. The third-order valence-electron chi connectivity index (χ3n) is 5.46. The van der Waals surface area contributed by atoms with Gasteiger partial charge in [-0.2, -0.15) is 4.31 Å². The van der Waals surface area contributed by atoms with Crippen LogP contribution in [0.25, 0.3) is 0 Å². The van der Waals surface area contributed by atoms with Crippen LogP contribution in [0.1, 0.15) is 24.5 Å². The first-order valence-corrected chi connectivity index (χ1v) is 12.0. The zero-order valence-corrected chi connectivity index (χ0v) is 19.7. The van der Waals surface area contributed by atoms with Crippen LogP contribution in [-0.4, -0.2) is 58.1 Å². The molecule has 0 aliphatic carbocycles. The number of amides is 1. The standard InChI is InChI=1S/C23H30N2O6S/c1-5-21(31-18-7-6-16(2)17(3)14-18)23(26)24-20-15-19(8-9-22(20)29-4)32(27,28)25-10-12-30-13-11-25/h6-9,14-15,21H,5,10-13H2,1-4H3,(H,24,26). The number of carbonyl (C=O) groups is 1. The molecule has 32 heavy (non-hydrogen) atoms. The van der Waals surface area contributed by atoms with Crippen molar-refractivity contribution in [3.8, 4) is 11.5 Å². The first-order chi connectivity index (χ1) is 15.3. The van der Waals surface area contributed by atoms with Crippen molar-refractivity contribution >= 4 is 21.6 Å². The van der Waals surface area contributed by atoms with E-state index in [1.54, 1.807) is 0 Å². The zero-order chi connectivity index (χ0) is 23.3. The summed E-state index contributed by atoms with van der Waals surface area (Å²) in [5, 5.41) is 2.78. The quantitative estimate of drug-likeness (QED) is 0.648. The minimum atomic E-state index is -3.71. The van der Waals surface area contributed by atoms with Crippen LogP contribution in [0, 0.1) is 13.8 Å². The van der Waals surface area contributed by atoms with E-state index in [1.807, 2.05) is 39.0 Å². The van der Waals surface area contributed by atoms with Gasteiger partial charge in [-0.1, -0.05) is 13.0 Å². The summed E-state index contributed by atoms with van der Waals surface area (Å²) in [5.41, 5.74) is 2.48. The Morgan fingerprint density at radius 1 is 1.12 bits per heavy atom. The predicted molar refractivity (Wildman–Crippen MR) is 122 cm³/mol. The molecule has 1 N–H and O–H groups in total. The Balaban J connectivity index is 1.81. The average molecular weight is 463 g/mol. The number of hydrogen-bond donors (Lipinski definition) is 1. The zero-order valence-electron chi connectivity index (χ0n) is 18.9. The van der Waals surface area contributed by atoms with E-state index in [-0.39, 0.29) is 29.6 Å². The van der Waals surface area contributed by atoms with E-state index < -0.39 is 16.1 Å². The molecular formula is C23H30N2O6S. The number of sulfonamides is 1. The molecule has 1 fully saturated rings. The lowest BCUT2D eigenvalue weighted by Gasteiger charge is -2.26. The summed E-state index contributed by atoms with van der Waals surface area (Å²) in [5.74, 6) is 0.580. The molecule has 2 aromatic rings. The number of rotatable bonds is 8. The molecule has 0 aromatic heterocycles. The summed E-state index contributed by atoms with van der Waals surface area (Å²) >= 11 is 0. The van der Waals surface area contributed by atoms with E-state index in [2.05, 4.69) is 5.32 Å². The van der Waals surface area contributed by atoms with Crippen molar-refractivity contribution in [2.75, 3.05) is 38.7 Å². The van der Waals surface area contributed by atoms with Crippen LogP contribution < -0.4 is 14.8 Å². The number of nitrogens with one attached hydrogen (secondary N) is 1. The van der Waals surface area contributed by atoms with E-state index in [9.17, 15) is 13.2 Å². The van der Waals surface area contributed by atoms with Gasteiger partial charge in [-0.05, 0) is 61.7 Å². The van der Waals surface area contributed by atoms with Crippen molar-refractivity contribution in [2.24, 2.45) is 0 Å². The van der Waals surface area contributed by atoms with E-state index in [0.29, 0.717) is 31.1 Å². The Morgan fingerprint density at radius 2 is 1.84 bits per heavy atom. The van der Waals surface area contributed by atoms with Gasteiger partial charge < -0.3 is 19.5 Å². The van der Waals surface area contributed by atoms with Gasteiger partial charge in [0.05, 0.1) is 30.9 Å². The van der Waals surface area contributed by atoms with Crippen LogP contribution in [0.5, 0.6) is 11.5 Å². The normalized spacial score (nSPS) is 15.8. The van der Waals surface area contributed by atoms with Gasteiger partial charge in [0, 0.05) is 13.1 Å². The van der Waals surface area contributed by atoms with Gasteiger partial charge in [0.2, 0.25) is 10.0 Å². The molecule has 0 saturated carbocycles. The first-order valence-electron chi connectivity index (χ1n) is 10.6. The second-order valence-corrected chi connectivity index (χ2v) is 9.57. The predicted octanol–water partition coefficient (Wildman–Crippen LogP) is 3.13. The number of carbonyl (C=O) groups excluding carboxylic acids is 1. The number of aryl methyl sites for hydroxylation is 2. The van der Waals surface area contributed by atoms with Crippen LogP contribution in [0.2, 0.25) is 0 Å². The lowest BCUT2D eigenvalue weighted by molar-refractivity contribution is -0.122. The summed E-state index contributed by atoms with van der Waals surface area (Å²) in [6.45, 7) is 7.12. The van der Waals surface area contributed by atoms with Gasteiger partial charge in [0.15, 0.2) is 6.10 Å². The largest absolute Gasteiger partial charge is 0.495 e. The number of methoxy groups -OCH3 is 1. The van der Waals surface area contributed by atoms with Gasteiger partial charge in [-0.25, -0.2) is 8.42 Å². The van der Waals surface area contributed by atoms with Gasteiger partial charge in [0.25, 0.3) is 5.91 Å². The summed E-state index contributed by atoms with van der Waals surface area (Å²) < 4.78 is 43.9. The molecule has 0 radical (unpaired) electrons. The summed E-state index contributed by atoms with van der Waals surface area (Å²) in [7, 11) is -2.25. The van der Waals surface area contributed by atoms with E-state index >= 15 is 0 Å². The van der Waals surface area contributed by atoms with Crippen LogP contribution in [-0.2, 0) is 19.6 Å². The molecule has 0 spiro atoms. The van der Waals surface area contributed by atoms with Crippen molar-refractivity contribution < 1.29 is 27.4 Å². The molecule has 174 valence electrons. The monoisotopic (exact) mass is 462 g/mol. The molecule has 1 unspecified atom stereocenters. The highest BCUT2D eigenvalue weighted by Crippen LogP contribution is 2.30. The van der Waals surface area contributed by atoms with Gasteiger partial charge in [-0.15, -0.1) is 0 Å². The highest BCUT2D eigenvalue weighted by molar-refractivity contribution is 7.89. The Hall–Kier alpha value is -2.62. The molecule has 1 saturated heterocycles. The van der Waals surface area contributed by atoms with E-state index in [1.165, 1.54) is 29.6 Å². The van der Waals surface area contributed by atoms with Crippen LogP contribution >= 0.6 is 0 Å². The summed E-state index contributed by atoms with van der Waals surface area (Å²) in [6, 6.07) is 10.1. The molecule has 0 bridgehead atoms. The maximum Gasteiger partial charge on any atom is 0.265 e. The van der Waals surface area contributed by atoms with Crippen molar-refractivity contribution in [1.82, 2.24) is 4.31 Å². The maximum atomic E-state index is 13.0. The third kappa shape index (κ3) is 5.40. The second kappa shape index (κ2) is 10.3. The highest BCUT2D eigenvalue weighted by Gasteiger charge is 2.28. The first kappa shape index (κ1) is 24.0. The molecule has 1 amide bonds. The molecule has 3 rings (SSSR count). The van der Waals surface area contributed by atoms with Gasteiger partial charge in [0.1, 0.15) is 11.5 Å². The molecule has 2 aromatic carbocycles. The Kier molecular flexibility index (Phi) is 7.76. The van der Waals surface area contributed by atoms with E-state index in [0.717, 1.165) is 11.1 Å². The number of nitrogens with zero attached hydrogens (tertiary/aromatic N) is 1. The summed E-state index contributed by atoms with van der Waals surface area (Å²) in [6.07, 6.45) is -0.311. The van der Waals surface area contributed by atoms with Crippen LogP contribution in [0.3, 0.4) is 0 Å². The number of ether oxygens (including phenoxy) is 3. The smallest absolute Gasteiger partial charge is 0.265 e. The van der Waals surface area contributed by atoms with Crippen molar-refractivity contribution in [3.63, 3.8) is 0 Å². The van der Waals surface area contributed by atoms with Crippen LogP contribution in [0.15, 0.2) is 41.3 Å². The topological polar surface area (TPSA) is 94.2 Å². The third-order valence-corrected chi connectivity index (χ3v) is 7.35. The minimum absolute atomic E-state index is 0.0821. The molecule has 1 heterocycles. The fourth-order valence-corrected chi connectivity index (χ4v) is 4.80. The van der Waals surface area contributed by atoms with Gasteiger partial charge >= 0.3 is 0 Å². The van der Waals surface area contributed by atoms with Gasteiger partial charge in [-0.3, -0.25) is 4.79 Å². The SMILES string of the molecule is CCC(Oc1ccc(C)c(C)c1)C(=O)Nc1cc(S(=O)(=O)N2CCOCC2)ccc1OC. The molecule has 9 heteroatoms. The second-order valence-electron chi connectivity index (χ2n) is 7.63. The Labute approximate surface area is 189 Å². The lowest BCUT2D eigenvalue weighted by Crippen LogP contribution is -2.40.